The molecule has 0 aliphatic rings. The van der Waals surface area contributed by atoms with Crippen LogP contribution in [-0.4, -0.2) is 36.2 Å². The minimum Gasteiger partial charge on any atom is -0.493 e. The van der Waals surface area contributed by atoms with Crippen LogP contribution in [0.5, 0.6) is 11.5 Å². The van der Waals surface area contributed by atoms with Crippen LogP contribution >= 0.6 is 0 Å². The van der Waals surface area contributed by atoms with E-state index in [1.54, 1.807) is 20.4 Å². The highest BCUT2D eigenvalue weighted by molar-refractivity contribution is 6.00. The zero-order valence-electron chi connectivity index (χ0n) is 17.6. The maximum atomic E-state index is 5.35. The van der Waals surface area contributed by atoms with E-state index in [-0.39, 0.29) is 0 Å². The van der Waals surface area contributed by atoms with E-state index in [0.29, 0.717) is 23.2 Å². The second-order valence-electron chi connectivity index (χ2n) is 6.88. The Balaban J connectivity index is 1.64. The number of methoxy groups -OCH3 is 2. The second-order valence-corrected chi connectivity index (χ2v) is 6.88. The summed E-state index contributed by atoms with van der Waals surface area (Å²) in [5.41, 5.74) is 7.64. The molecule has 0 aliphatic heterocycles. The predicted octanol–water partition coefficient (Wildman–Crippen LogP) is 4.59. The summed E-state index contributed by atoms with van der Waals surface area (Å²) in [5.74, 6) is 2.41. The summed E-state index contributed by atoms with van der Waals surface area (Å²) in [6, 6.07) is 21.4. The van der Waals surface area contributed by atoms with Crippen LogP contribution in [0.25, 0.3) is 11.0 Å². The average Bonchev–Trinajstić information content (AvgIpc) is 3.24. The highest BCUT2D eigenvalue weighted by atomic mass is 16.5. The van der Waals surface area contributed by atoms with Gasteiger partial charge in [0.05, 0.1) is 37.2 Å². The molecule has 3 aromatic carbocycles. The van der Waals surface area contributed by atoms with E-state index < -0.39 is 0 Å². The van der Waals surface area contributed by atoms with E-state index >= 15 is 0 Å². The van der Waals surface area contributed by atoms with Gasteiger partial charge in [0, 0.05) is 0 Å². The lowest BCUT2D eigenvalue weighted by Gasteiger charge is -2.07. The average molecular weight is 413 g/mol. The molecule has 156 valence electrons. The van der Waals surface area contributed by atoms with Gasteiger partial charge in [-0.3, -0.25) is 5.43 Å². The monoisotopic (exact) mass is 413 g/mol. The fourth-order valence-electron chi connectivity index (χ4n) is 3.05. The molecule has 0 saturated carbocycles. The number of hydrogen-bond donors (Lipinski definition) is 2. The molecule has 0 radical (unpaired) electrons. The fraction of sp³-hybridized carbons (Fsp3) is 0.125. The number of hydrogen-bond acceptors (Lipinski definition) is 5. The molecule has 0 aliphatic carbocycles. The van der Waals surface area contributed by atoms with Gasteiger partial charge >= 0.3 is 0 Å². The van der Waals surface area contributed by atoms with Crippen molar-refractivity contribution in [2.75, 3.05) is 14.2 Å². The van der Waals surface area contributed by atoms with Gasteiger partial charge in [0.25, 0.3) is 0 Å². The first-order valence-electron chi connectivity index (χ1n) is 9.78. The molecular weight excluding hydrogens is 390 g/mol. The number of nitrogens with zero attached hydrogens (tertiary/aromatic N) is 3. The molecule has 1 aromatic heterocycles. The zero-order chi connectivity index (χ0) is 21.6. The molecule has 0 unspecified atom stereocenters. The van der Waals surface area contributed by atoms with Gasteiger partial charge in [-0.25, -0.2) is 9.98 Å². The molecule has 0 saturated heterocycles. The van der Waals surface area contributed by atoms with Gasteiger partial charge in [0.1, 0.15) is 0 Å². The Morgan fingerprint density at radius 1 is 0.968 bits per heavy atom. The van der Waals surface area contributed by atoms with Crippen molar-refractivity contribution in [1.29, 1.82) is 0 Å². The third-order valence-corrected chi connectivity index (χ3v) is 4.68. The molecule has 1 heterocycles. The number of para-hydroxylation sites is 2. The van der Waals surface area contributed by atoms with Crippen molar-refractivity contribution in [1.82, 2.24) is 15.4 Å². The van der Waals surface area contributed by atoms with Crippen LogP contribution in [0.3, 0.4) is 0 Å². The van der Waals surface area contributed by atoms with E-state index in [9.17, 15) is 0 Å². The summed E-state index contributed by atoms with van der Waals surface area (Å²) >= 11 is 0. The Hall–Kier alpha value is -4.13. The quantitative estimate of drug-likeness (QED) is 0.275. The van der Waals surface area contributed by atoms with Crippen molar-refractivity contribution in [3.05, 3.63) is 83.7 Å². The summed E-state index contributed by atoms with van der Waals surface area (Å²) in [5, 5.41) is 4.37. The molecular formula is C24H23N5O2. The lowest BCUT2D eigenvalue weighted by Crippen LogP contribution is -2.20. The Kier molecular flexibility index (Phi) is 5.93. The minimum atomic E-state index is 0.511. The molecule has 2 N–H and O–H groups in total. The highest BCUT2D eigenvalue weighted by Crippen LogP contribution is 2.26. The van der Waals surface area contributed by atoms with Gasteiger partial charge in [0.15, 0.2) is 23.2 Å². The summed E-state index contributed by atoms with van der Waals surface area (Å²) in [6.45, 7) is 2.04. The van der Waals surface area contributed by atoms with Crippen LogP contribution in [0, 0.1) is 6.92 Å². The minimum absolute atomic E-state index is 0.511. The lowest BCUT2D eigenvalue weighted by molar-refractivity contribution is 0.355. The molecule has 0 fully saturated rings. The first-order valence-corrected chi connectivity index (χ1v) is 9.78. The Labute approximate surface area is 180 Å². The molecule has 0 bridgehead atoms. The normalized spacial score (nSPS) is 11.8. The molecule has 7 nitrogen and oxygen atoms in total. The van der Waals surface area contributed by atoms with Crippen molar-refractivity contribution in [3.8, 4) is 11.5 Å². The van der Waals surface area contributed by atoms with E-state index in [1.807, 2.05) is 73.7 Å². The summed E-state index contributed by atoms with van der Waals surface area (Å²) in [4.78, 5) is 12.6. The van der Waals surface area contributed by atoms with Gasteiger partial charge in [-0.2, -0.15) is 5.10 Å². The summed E-state index contributed by atoms with van der Waals surface area (Å²) in [7, 11) is 3.21. The number of fused-ring (bicyclic) bond motifs is 1. The van der Waals surface area contributed by atoms with Crippen molar-refractivity contribution in [3.63, 3.8) is 0 Å². The number of benzene rings is 3. The number of aromatic nitrogens is 2. The van der Waals surface area contributed by atoms with E-state index in [0.717, 1.165) is 22.3 Å². The van der Waals surface area contributed by atoms with Crippen LogP contribution in [0.4, 0.5) is 5.69 Å². The summed E-state index contributed by atoms with van der Waals surface area (Å²) in [6.07, 6.45) is 1.69. The van der Waals surface area contributed by atoms with Crippen LogP contribution in [-0.2, 0) is 0 Å². The number of amidine groups is 1. The van der Waals surface area contributed by atoms with Crippen molar-refractivity contribution in [2.24, 2.45) is 10.1 Å². The second kappa shape index (κ2) is 9.13. The van der Waals surface area contributed by atoms with Gasteiger partial charge in [-0.05, 0) is 55.0 Å². The standard InChI is InChI=1S/C24H23N5O2/c1-16-8-11-18(12-9-16)26-24(23-27-19-6-4-5-7-20(19)28-23)29-25-15-17-10-13-21(30-2)22(14-17)31-3/h4-15H,1-3H3,(H,26,29)(H,27,28)/b25-15-. The Bertz CT molecular complexity index is 1210. The van der Waals surface area contributed by atoms with E-state index in [1.165, 1.54) is 5.56 Å². The van der Waals surface area contributed by atoms with Crippen LogP contribution in [0.2, 0.25) is 0 Å². The Morgan fingerprint density at radius 2 is 1.74 bits per heavy atom. The third kappa shape index (κ3) is 4.72. The van der Waals surface area contributed by atoms with Crippen LogP contribution in [0.1, 0.15) is 17.0 Å². The lowest BCUT2D eigenvalue weighted by atomic mass is 10.2. The maximum Gasteiger partial charge on any atom is 0.190 e. The number of hydrazone groups is 1. The third-order valence-electron chi connectivity index (χ3n) is 4.68. The smallest absolute Gasteiger partial charge is 0.190 e. The number of aromatic amines is 1. The molecule has 0 amide bonds. The Morgan fingerprint density at radius 3 is 2.48 bits per heavy atom. The molecule has 4 rings (SSSR count). The topological polar surface area (TPSA) is 83.9 Å². The summed E-state index contributed by atoms with van der Waals surface area (Å²) < 4.78 is 10.6. The highest BCUT2D eigenvalue weighted by Gasteiger charge is 2.10. The van der Waals surface area contributed by atoms with Gasteiger partial charge in [-0.1, -0.05) is 29.8 Å². The number of H-pyrrole nitrogens is 1. The number of aliphatic imine (C=N–C) groups is 1. The van der Waals surface area contributed by atoms with Crippen LogP contribution in [0.15, 0.2) is 76.8 Å². The molecule has 7 heteroatoms. The van der Waals surface area contributed by atoms with Crippen molar-refractivity contribution >= 4 is 28.8 Å². The molecule has 4 aromatic rings. The molecule has 0 spiro atoms. The zero-order valence-corrected chi connectivity index (χ0v) is 17.6. The number of rotatable bonds is 6. The first kappa shape index (κ1) is 20.2. The first-order chi connectivity index (χ1) is 15.2. The van der Waals surface area contributed by atoms with Crippen LogP contribution < -0.4 is 14.9 Å². The maximum absolute atomic E-state index is 5.35. The number of nitrogens with one attached hydrogen (secondary N) is 2. The number of imidazole rings is 1. The van der Waals surface area contributed by atoms with Gasteiger partial charge in [0.2, 0.25) is 0 Å². The largest absolute Gasteiger partial charge is 0.493 e. The van der Waals surface area contributed by atoms with Gasteiger partial charge < -0.3 is 14.5 Å². The molecule has 0 atom stereocenters. The van der Waals surface area contributed by atoms with E-state index in [4.69, 9.17) is 14.5 Å². The molecule has 31 heavy (non-hydrogen) atoms. The fourth-order valence-corrected chi connectivity index (χ4v) is 3.05. The predicted molar refractivity (Wildman–Crippen MR) is 124 cm³/mol. The SMILES string of the molecule is COc1ccc(/C=N\NC(=Nc2ccc(C)cc2)c2nc3ccccc3[nH]2)cc1OC. The van der Waals surface area contributed by atoms with Crippen molar-refractivity contribution in [2.45, 2.75) is 6.92 Å². The van der Waals surface area contributed by atoms with Crippen molar-refractivity contribution < 1.29 is 9.47 Å². The van der Waals surface area contributed by atoms with E-state index in [2.05, 4.69) is 20.5 Å². The van der Waals surface area contributed by atoms with Gasteiger partial charge in [-0.15, -0.1) is 0 Å². The number of ether oxygens (including phenoxy) is 2. The number of aryl methyl sites for hydroxylation is 1.